The Morgan fingerprint density at radius 2 is 1.29 bits per heavy atom. The van der Waals surface area contributed by atoms with Crippen molar-refractivity contribution in [2.24, 2.45) is 5.92 Å². The van der Waals surface area contributed by atoms with Crippen LogP contribution in [0.2, 0.25) is 0 Å². The van der Waals surface area contributed by atoms with E-state index in [-0.39, 0.29) is 48.6 Å². The molecule has 0 unspecified atom stereocenters. The van der Waals surface area contributed by atoms with Crippen molar-refractivity contribution in [2.75, 3.05) is 32.8 Å². The first-order valence-electron chi connectivity index (χ1n) is 12.3. The Morgan fingerprint density at radius 1 is 0.806 bits per heavy atom. The van der Waals surface area contributed by atoms with Gasteiger partial charge in [0.15, 0.2) is 0 Å². The number of unbranched alkanes of at least 4 members (excludes halogenated alkanes) is 11. The molecule has 0 heterocycles. The summed E-state index contributed by atoms with van der Waals surface area (Å²) in [7, 11) is 0. The molecule has 0 atom stereocenters. The summed E-state index contributed by atoms with van der Waals surface area (Å²) in [6.07, 6.45) is 17.4. The Hall–Kier alpha value is -0.140. The molecular weight excluding hydrogens is 403 g/mol. The molecule has 0 bridgehead atoms. The molecule has 0 aromatic rings. The van der Waals surface area contributed by atoms with Crippen molar-refractivity contribution in [1.82, 2.24) is 10.2 Å². The first kappa shape index (κ1) is 33.0. The van der Waals surface area contributed by atoms with Crippen LogP contribution < -0.4 is 5.32 Å². The Morgan fingerprint density at radius 3 is 1.74 bits per heavy atom. The van der Waals surface area contributed by atoms with Crippen LogP contribution in [0.5, 0.6) is 0 Å². The topological polar surface area (TPSA) is 89.9 Å². The number of nitrogens with one attached hydrogen (secondary N) is 1. The van der Waals surface area contributed by atoms with E-state index in [0.717, 1.165) is 18.8 Å². The zero-order valence-electron chi connectivity index (χ0n) is 19.7. The van der Waals surface area contributed by atoms with Gasteiger partial charge in [0.1, 0.15) is 0 Å². The number of carbonyl (C=O) groups is 2. The molecule has 31 heavy (non-hydrogen) atoms. The number of hydrogen-bond donors (Lipinski definition) is 3. The van der Waals surface area contributed by atoms with Gasteiger partial charge in [0.05, 0.1) is 13.2 Å². The van der Waals surface area contributed by atoms with Gasteiger partial charge in [-0.15, -0.1) is 0 Å². The van der Waals surface area contributed by atoms with Gasteiger partial charge >= 0.3 is 35.5 Å². The molecule has 0 saturated heterocycles. The number of amides is 1. The van der Waals surface area contributed by atoms with Crippen molar-refractivity contribution in [3.8, 4) is 0 Å². The van der Waals surface area contributed by atoms with Crippen LogP contribution in [-0.4, -0.2) is 89.3 Å². The average Bonchev–Trinajstić information content (AvgIpc) is 2.67. The predicted octanol–water partition coefficient (Wildman–Crippen LogP) is 3.95. The Balaban J connectivity index is 0. The van der Waals surface area contributed by atoms with Crippen LogP contribution >= 0.6 is 0 Å². The average molecular weight is 453 g/mol. The van der Waals surface area contributed by atoms with Gasteiger partial charge in [0.2, 0.25) is 5.91 Å². The summed E-state index contributed by atoms with van der Waals surface area (Å²) in [4.78, 5) is 24.2. The van der Waals surface area contributed by atoms with Crippen LogP contribution in [0.3, 0.4) is 0 Å². The van der Waals surface area contributed by atoms with Crippen LogP contribution in [0.1, 0.15) is 104 Å². The molecule has 0 fully saturated rings. The summed E-state index contributed by atoms with van der Waals surface area (Å²) in [5.74, 6) is -0.0484. The second-order valence-electron chi connectivity index (χ2n) is 8.92. The van der Waals surface area contributed by atoms with E-state index in [0.29, 0.717) is 26.1 Å². The van der Waals surface area contributed by atoms with Crippen molar-refractivity contribution >= 4 is 41.4 Å². The summed E-state index contributed by atoms with van der Waals surface area (Å²) >= 11 is 0. The summed E-state index contributed by atoms with van der Waals surface area (Å²) < 4.78 is 0. The molecule has 0 aromatic heterocycles. The fraction of sp³-hybridized carbons (Fsp3) is 0.917. The van der Waals surface area contributed by atoms with Crippen molar-refractivity contribution in [1.29, 1.82) is 0 Å². The van der Waals surface area contributed by atoms with Crippen LogP contribution in [0.25, 0.3) is 0 Å². The molecular formula is C24H49N2NaO4. The summed E-state index contributed by atoms with van der Waals surface area (Å²) in [6.45, 7) is 5.57. The quantitative estimate of drug-likeness (QED) is 0.171. The van der Waals surface area contributed by atoms with E-state index in [4.69, 9.17) is 10.2 Å². The number of rotatable bonds is 22. The van der Waals surface area contributed by atoms with Gasteiger partial charge in [0.25, 0.3) is 0 Å². The minimum atomic E-state index is -0.924. The number of carboxylic acid groups (broad SMARTS) is 1. The van der Waals surface area contributed by atoms with Crippen LogP contribution in [-0.2, 0) is 9.59 Å². The van der Waals surface area contributed by atoms with Crippen LogP contribution in [0.4, 0.5) is 0 Å². The van der Waals surface area contributed by atoms with Gasteiger partial charge in [-0.2, -0.15) is 0 Å². The van der Waals surface area contributed by atoms with Crippen molar-refractivity contribution in [3.05, 3.63) is 0 Å². The SMILES string of the molecule is CC(C)CCCCCCCCCCCCCCC(=O)NCCN(CCO)CC(=O)O.[NaH]. The number of carbonyl (C=O) groups excluding carboxylic acids is 1. The number of nitrogens with zero attached hydrogens (tertiary/aromatic N) is 1. The molecule has 6 nitrogen and oxygen atoms in total. The third kappa shape index (κ3) is 26.0. The fourth-order valence-electron chi connectivity index (χ4n) is 3.65. The molecule has 0 rings (SSSR count). The molecule has 0 radical (unpaired) electrons. The van der Waals surface area contributed by atoms with E-state index in [1.165, 1.54) is 70.6 Å². The van der Waals surface area contributed by atoms with Gasteiger partial charge in [0, 0.05) is 26.1 Å². The number of carboxylic acids is 1. The summed E-state index contributed by atoms with van der Waals surface area (Å²) in [6, 6.07) is 0. The van der Waals surface area contributed by atoms with Gasteiger partial charge in [-0.05, 0) is 12.3 Å². The van der Waals surface area contributed by atoms with Crippen LogP contribution in [0.15, 0.2) is 0 Å². The number of hydrogen-bond acceptors (Lipinski definition) is 4. The second-order valence-corrected chi connectivity index (χ2v) is 8.92. The summed E-state index contributed by atoms with van der Waals surface area (Å²) in [5.41, 5.74) is 0. The van der Waals surface area contributed by atoms with E-state index in [1.807, 2.05) is 0 Å². The molecule has 3 N–H and O–H groups in total. The molecule has 0 aliphatic rings. The zero-order chi connectivity index (χ0) is 22.5. The number of aliphatic hydroxyl groups is 1. The van der Waals surface area contributed by atoms with E-state index in [1.54, 1.807) is 4.90 Å². The van der Waals surface area contributed by atoms with Gasteiger partial charge in [-0.25, -0.2) is 0 Å². The Labute approximate surface area is 213 Å². The minimum absolute atomic E-state index is 0. The molecule has 180 valence electrons. The molecule has 0 aliphatic carbocycles. The Bertz CT molecular complexity index is 422. The summed E-state index contributed by atoms with van der Waals surface area (Å²) in [5, 5.41) is 20.6. The van der Waals surface area contributed by atoms with E-state index in [9.17, 15) is 9.59 Å². The maximum atomic E-state index is 11.8. The van der Waals surface area contributed by atoms with E-state index < -0.39 is 5.97 Å². The normalized spacial score (nSPS) is 11.0. The molecule has 0 aliphatic heterocycles. The number of aliphatic carboxylic acids is 1. The van der Waals surface area contributed by atoms with Crippen molar-refractivity contribution < 1.29 is 19.8 Å². The van der Waals surface area contributed by atoms with E-state index >= 15 is 0 Å². The second kappa shape index (κ2) is 24.5. The molecule has 0 spiro atoms. The van der Waals surface area contributed by atoms with Gasteiger partial charge in [-0.1, -0.05) is 90.9 Å². The molecule has 0 saturated carbocycles. The van der Waals surface area contributed by atoms with Crippen molar-refractivity contribution in [3.63, 3.8) is 0 Å². The number of aliphatic hydroxyl groups excluding tert-OH is 1. The molecule has 1 amide bonds. The monoisotopic (exact) mass is 452 g/mol. The molecule has 0 aromatic carbocycles. The first-order valence-corrected chi connectivity index (χ1v) is 12.3. The van der Waals surface area contributed by atoms with Gasteiger partial charge < -0.3 is 15.5 Å². The van der Waals surface area contributed by atoms with Crippen molar-refractivity contribution in [2.45, 2.75) is 104 Å². The van der Waals surface area contributed by atoms with Crippen LogP contribution in [0, 0.1) is 5.92 Å². The first-order chi connectivity index (χ1) is 14.5. The predicted molar refractivity (Wildman–Crippen MR) is 131 cm³/mol. The standard InChI is InChI=1S/C24H48N2O4.Na.H/c1-22(2)15-13-11-9-7-5-3-4-6-8-10-12-14-16-23(28)25-17-18-26(19-20-27)21-24(29)30;;/h22,27H,3-21H2,1-2H3,(H,25,28)(H,29,30);;. The third-order valence-electron chi connectivity index (χ3n) is 5.46. The van der Waals surface area contributed by atoms with Gasteiger partial charge in [-0.3, -0.25) is 14.5 Å². The Kier molecular flexibility index (Phi) is 26.1. The van der Waals surface area contributed by atoms with E-state index in [2.05, 4.69) is 19.2 Å². The fourth-order valence-corrected chi connectivity index (χ4v) is 3.65. The third-order valence-corrected chi connectivity index (χ3v) is 5.46. The maximum absolute atomic E-state index is 11.8. The molecule has 7 heteroatoms. The zero-order valence-corrected chi connectivity index (χ0v) is 19.7.